The number of hydrogen-bond acceptors (Lipinski definition) is 3. The van der Waals surface area contributed by atoms with Gasteiger partial charge in [0, 0.05) is 53.6 Å². The van der Waals surface area contributed by atoms with Crippen LogP contribution in [0.3, 0.4) is 0 Å². The molecule has 0 atom stereocenters. The Morgan fingerprint density at radius 2 is 0.852 bits per heavy atom. The maximum atomic E-state index is 6.43. The van der Waals surface area contributed by atoms with Gasteiger partial charge in [0.15, 0.2) is 0 Å². The highest BCUT2D eigenvalue weighted by Crippen LogP contribution is 2.43. The molecule has 12 rings (SSSR count). The molecule has 0 saturated heterocycles. The Hall–Kier alpha value is -7.72. The molecule has 0 aliphatic rings. The minimum absolute atomic E-state index is 0.908. The molecule has 0 fully saturated rings. The molecule has 0 N–H and O–H groups in total. The first kappa shape index (κ1) is 35.2. The molecular formula is C58H37NOS. The van der Waals surface area contributed by atoms with Gasteiger partial charge in [-0.3, -0.25) is 0 Å². The highest BCUT2D eigenvalue weighted by molar-refractivity contribution is 7.25. The lowest BCUT2D eigenvalue weighted by Crippen LogP contribution is -2.09. The van der Waals surface area contributed by atoms with Crippen LogP contribution >= 0.6 is 11.3 Å². The van der Waals surface area contributed by atoms with Gasteiger partial charge in [-0.05, 0) is 116 Å². The molecule has 2 heterocycles. The fourth-order valence-electron chi connectivity index (χ4n) is 8.99. The van der Waals surface area contributed by atoms with Crippen LogP contribution in [0.1, 0.15) is 0 Å². The van der Waals surface area contributed by atoms with E-state index in [2.05, 4.69) is 217 Å². The first-order valence-electron chi connectivity index (χ1n) is 20.7. The minimum atomic E-state index is 0.908. The number of para-hydroxylation sites is 2. The van der Waals surface area contributed by atoms with Crippen molar-refractivity contribution in [2.75, 3.05) is 4.90 Å². The Labute approximate surface area is 357 Å². The van der Waals surface area contributed by atoms with Crippen molar-refractivity contribution in [1.29, 1.82) is 0 Å². The Kier molecular flexibility index (Phi) is 8.39. The van der Waals surface area contributed by atoms with Crippen molar-refractivity contribution in [3.63, 3.8) is 0 Å². The van der Waals surface area contributed by atoms with E-state index in [0.29, 0.717) is 0 Å². The van der Waals surface area contributed by atoms with Crippen LogP contribution in [0.4, 0.5) is 17.1 Å². The van der Waals surface area contributed by atoms with Crippen molar-refractivity contribution in [3.05, 3.63) is 224 Å². The van der Waals surface area contributed by atoms with Crippen molar-refractivity contribution >= 4 is 81.3 Å². The van der Waals surface area contributed by atoms with Gasteiger partial charge in [-0.25, -0.2) is 0 Å². The van der Waals surface area contributed by atoms with Crippen LogP contribution in [0.2, 0.25) is 0 Å². The van der Waals surface area contributed by atoms with Crippen LogP contribution in [-0.2, 0) is 0 Å². The van der Waals surface area contributed by atoms with Gasteiger partial charge in [0.25, 0.3) is 0 Å². The number of thiophene rings is 1. The summed E-state index contributed by atoms with van der Waals surface area (Å²) in [5.74, 6) is 0. The van der Waals surface area contributed by atoms with E-state index in [4.69, 9.17) is 4.42 Å². The summed E-state index contributed by atoms with van der Waals surface area (Å²) in [6.07, 6.45) is 0. The summed E-state index contributed by atoms with van der Waals surface area (Å²) in [4.78, 5) is 2.37. The maximum Gasteiger partial charge on any atom is 0.143 e. The highest BCUT2D eigenvalue weighted by Gasteiger charge is 2.17. The molecule has 2 nitrogen and oxygen atoms in total. The van der Waals surface area contributed by atoms with Gasteiger partial charge in [-0.2, -0.15) is 0 Å². The van der Waals surface area contributed by atoms with E-state index >= 15 is 0 Å². The molecule has 61 heavy (non-hydrogen) atoms. The molecule has 0 bridgehead atoms. The van der Waals surface area contributed by atoms with Crippen LogP contribution in [0.25, 0.3) is 97.4 Å². The quantitative estimate of drug-likeness (QED) is 0.160. The second kappa shape index (κ2) is 14.5. The number of fused-ring (bicyclic) bond motifs is 7. The van der Waals surface area contributed by atoms with Crippen LogP contribution in [-0.4, -0.2) is 0 Å². The smallest absolute Gasteiger partial charge is 0.143 e. The number of hydrogen-bond donors (Lipinski definition) is 0. The van der Waals surface area contributed by atoms with Crippen molar-refractivity contribution in [2.45, 2.75) is 0 Å². The van der Waals surface area contributed by atoms with Crippen LogP contribution < -0.4 is 4.90 Å². The fourth-order valence-corrected chi connectivity index (χ4v) is 10.1. The number of furan rings is 1. The Morgan fingerprint density at radius 1 is 0.311 bits per heavy atom. The fraction of sp³-hybridized carbons (Fsp3) is 0. The molecular weight excluding hydrogens is 759 g/mol. The number of anilines is 3. The number of rotatable bonds is 7. The van der Waals surface area contributed by atoms with Gasteiger partial charge in [0.05, 0.1) is 0 Å². The van der Waals surface area contributed by atoms with E-state index in [1.165, 1.54) is 64.3 Å². The number of nitrogens with zero attached hydrogens (tertiary/aromatic N) is 1. The van der Waals surface area contributed by atoms with Gasteiger partial charge >= 0.3 is 0 Å². The summed E-state index contributed by atoms with van der Waals surface area (Å²) in [5.41, 5.74) is 14.5. The third-order valence-electron chi connectivity index (χ3n) is 12.1. The van der Waals surface area contributed by atoms with Crippen molar-refractivity contribution in [2.24, 2.45) is 0 Å². The zero-order valence-corrected chi connectivity index (χ0v) is 33.9. The lowest BCUT2D eigenvalue weighted by Gasteiger charge is -2.26. The van der Waals surface area contributed by atoms with Crippen LogP contribution in [0.15, 0.2) is 229 Å². The Balaban J connectivity index is 0.904. The maximum absolute atomic E-state index is 6.43. The van der Waals surface area contributed by atoms with Gasteiger partial charge in [-0.15, -0.1) is 11.3 Å². The third kappa shape index (κ3) is 6.26. The van der Waals surface area contributed by atoms with Crippen molar-refractivity contribution in [1.82, 2.24) is 0 Å². The lowest BCUT2D eigenvalue weighted by atomic mass is 9.95. The van der Waals surface area contributed by atoms with Gasteiger partial charge < -0.3 is 9.32 Å². The minimum Gasteiger partial charge on any atom is -0.455 e. The van der Waals surface area contributed by atoms with Gasteiger partial charge in [0.2, 0.25) is 0 Å². The predicted octanol–water partition coefficient (Wildman–Crippen LogP) is 17.2. The monoisotopic (exact) mass is 795 g/mol. The molecule has 0 radical (unpaired) electrons. The molecule has 286 valence electrons. The Bertz CT molecular complexity index is 3590. The molecule has 0 aliphatic carbocycles. The van der Waals surface area contributed by atoms with E-state index in [-0.39, 0.29) is 0 Å². The van der Waals surface area contributed by atoms with E-state index in [1.807, 2.05) is 23.5 Å². The summed E-state index contributed by atoms with van der Waals surface area (Å²) in [5, 5.41) is 7.38. The second-order valence-corrected chi connectivity index (χ2v) is 16.8. The second-order valence-electron chi connectivity index (χ2n) is 15.7. The molecule has 2 aromatic heterocycles. The zero-order chi connectivity index (χ0) is 40.3. The average Bonchev–Trinajstić information content (AvgIpc) is 3.90. The van der Waals surface area contributed by atoms with E-state index in [9.17, 15) is 0 Å². The summed E-state index contributed by atoms with van der Waals surface area (Å²) in [7, 11) is 0. The van der Waals surface area contributed by atoms with Gasteiger partial charge in [0.1, 0.15) is 11.2 Å². The highest BCUT2D eigenvalue weighted by atomic mass is 32.1. The standard InChI is InChI=1S/C58H37NOS/c1-2-11-41-35-46(23-22-38(41)10-1)45-15-8-14-44(36-45)43-13-7-12-42(34-43)39-24-28-47(29-25-39)59(49-32-33-53-52-17-4-6-21-56(52)61-57(53)37-49)48-30-26-40(27-31-48)50-18-9-19-54-51-16-3-5-20-55(51)60-58(50)54/h1-37H. The molecule has 0 spiro atoms. The Morgan fingerprint density at radius 3 is 1.61 bits per heavy atom. The molecule has 0 aliphatic heterocycles. The lowest BCUT2D eigenvalue weighted by molar-refractivity contribution is 0.670. The van der Waals surface area contributed by atoms with E-state index < -0.39 is 0 Å². The molecule has 0 amide bonds. The molecule has 12 aromatic rings. The zero-order valence-electron chi connectivity index (χ0n) is 33.1. The molecule has 10 aromatic carbocycles. The van der Waals surface area contributed by atoms with Crippen molar-refractivity contribution < 1.29 is 4.42 Å². The molecule has 0 unspecified atom stereocenters. The summed E-state index contributed by atoms with van der Waals surface area (Å²) in [6, 6.07) is 81.2. The first-order chi connectivity index (χ1) is 30.2. The van der Waals surface area contributed by atoms with Gasteiger partial charge in [-0.1, -0.05) is 158 Å². The normalized spacial score (nSPS) is 11.6. The first-order valence-corrected chi connectivity index (χ1v) is 21.5. The SMILES string of the molecule is c1cc(-c2ccc(N(c3ccc(-c4cccc5c4oc4ccccc45)cc3)c3ccc4c(c3)sc3ccccc34)cc2)cc(-c2cccc(-c3ccc4ccccc4c3)c2)c1. The van der Waals surface area contributed by atoms with Crippen LogP contribution in [0.5, 0.6) is 0 Å². The largest absolute Gasteiger partial charge is 0.455 e. The topological polar surface area (TPSA) is 16.4 Å². The average molecular weight is 796 g/mol. The third-order valence-corrected chi connectivity index (χ3v) is 13.2. The summed E-state index contributed by atoms with van der Waals surface area (Å²) in [6.45, 7) is 0. The summed E-state index contributed by atoms with van der Waals surface area (Å²) < 4.78 is 9.00. The van der Waals surface area contributed by atoms with Crippen LogP contribution in [0, 0.1) is 0 Å². The molecule has 0 saturated carbocycles. The predicted molar refractivity (Wildman–Crippen MR) is 261 cm³/mol. The summed E-state index contributed by atoms with van der Waals surface area (Å²) >= 11 is 1.85. The van der Waals surface area contributed by atoms with E-state index in [0.717, 1.165) is 50.1 Å². The number of benzene rings is 10. The van der Waals surface area contributed by atoms with Crippen molar-refractivity contribution in [3.8, 4) is 44.5 Å². The van der Waals surface area contributed by atoms with E-state index in [1.54, 1.807) is 0 Å². The molecule has 3 heteroatoms.